The minimum absolute atomic E-state index is 1.14. The zero-order valence-corrected chi connectivity index (χ0v) is 27.4. The van der Waals surface area contributed by atoms with Crippen LogP contribution in [-0.4, -0.2) is 9.13 Å². The van der Waals surface area contributed by atoms with Crippen molar-refractivity contribution in [1.29, 1.82) is 0 Å². The first-order valence-corrected chi connectivity index (χ1v) is 17.2. The summed E-state index contributed by atoms with van der Waals surface area (Å²) < 4.78 is 4.89. The van der Waals surface area contributed by atoms with E-state index in [-0.39, 0.29) is 0 Å². The highest BCUT2D eigenvalue weighted by Crippen LogP contribution is 2.41. The first-order chi connectivity index (χ1) is 24.8. The van der Waals surface area contributed by atoms with Crippen LogP contribution in [0.15, 0.2) is 194 Å². The highest BCUT2D eigenvalue weighted by atomic mass is 15.0. The van der Waals surface area contributed by atoms with Gasteiger partial charge in [-0.25, -0.2) is 0 Å². The van der Waals surface area contributed by atoms with E-state index in [1.165, 1.54) is 82.7 Å². The van der Waals surface area contributed by atoms with Gasteiger partial charge in [0.1, 0.15) is 0 Å². The number of benzene rings is 8. The standard InChI is InChI=1S/C48H32N2/c1-3-15-33(16-4-1)35-19-13-20-36(31-35)39-24-14-28-46-48(39)42-23-9-12-27-45(42)49(46)37-29-30-41-40-22-8-11-26-44(40)50(47(41)32-37)43-25-10-7-21-38(43)34-17-5-2-6-18-34/h1-32H. The maximum absolute atomic E-state index is 2.45. The predicted octanol–water partition coefficient (Wildman–Crippen LogP) is 12.9. The molecule has 0 amide bonds. The van der Waals surface area contributed by atoms with Crippen molar-refractivity contribution in [3.63, 3.8) is 0 Å². The molecule has 2 nitrogen and oxygen atoms in total. The second-order valence-electron chi connectivity index (χ2n) is 12.9. The molecular formula is C48H32N2. The molecule has 0 spiro atoms. The van der Waals surface area contributed by atoms with E-state index < -0.39 is 0 Å². The number of para-hydroxylation sites is 3. The van der Waals surface area contributed by atoms with Gasteiger partial charge in [0.2, 0.25) is 0 Å². The van der Waals surface area contributed by atoms with Crippen LogP contribution in [0.2, 0.25) is 0 Å². The Kier molecular flexibility index (Phi) is 6.53. The van der Waals surface area contributed by atoms with Gasteiger partial charge >= 0.3 is 0 Å². The second kappa shape index (κ2) is 11.5. The summed E-state index contributed by atoms with van der Waals surface area (Å²) in [5.41, 5.74) is 14.4. The zero-order valence-electron chi connectivity index (χ0n) is 27.4. The molecule has 0 atom stereocenters. The lowest BCUT2D eigenvalue weighted by Crippen LogP contribution is -1.98. The van der Waals surface area contributed by atoms with E-state index >= 15 is 0 Å². The lowest BCUT2D eigenvalue weighted by molar-refractivity contribution is 1.16. The fraction of sp³-hybridized carbons (Fsp3) is 0. The normalized spacial score (nSPS) is 11.6. The highest BCUT2D eigenvalue weighted by Gasteiger charge is 2.19. The molecule has 0 aliphatic carbocycles. The molecule has 10 aromatic rings. The van der Waals surface area contributed by atoms with Crippen LogP contribution in [0.5, 0.6) is 0 Å². The first-order valence-electron chi connectivity index (χ1n) is 17.2. The van der Waals surface area contributed by atoms with E-state index in [1.54, 1.807) is 0 Å². The summed E-state index contributed by atoms with van der Waals surface area (Å²) in [5.74, 6) is 0. The Morgan fingerprint density at radius 2 is 0.840 bits per heavy atom. The van der Waals surface area contributed by atoms with E-state index in [9.17, 15) is 0 Å². The summed E-state index contributed by atoms with van der Waals surface area (Å²) in [6, 6.07) is 70.4. The largest absolute Gasteiger partial charge is 0.309 e. The Hall–Kier alpha value is -6.64. The predicted molar refractivity (Wildman–Crippen MR) is 211 cm³/mol. The average Bonchev–Trinajstić information content (AvgIpc) is 3.71. The number of nitrogens with zero attached hydrogens (tertiary/aromatic N) is 2. The van der Waals surface area contributed by atoms with Crippen molar-refractivity contribution in [1.82, 2.24) is 9.13 Å². The van der Waals surface area contributed by atoms with Gasteiger partial charge in [-0.1, -0.05) is 152 Å². The fourth-order valence-electron chi connectivity index (χ4n) is 7.92. The van der Waals surface area contributed by atoms with Gasteiger partial charge in [0.05, 0.1) is 27.8 Å². The molecule has 234 valence electrons. The van der Waals surface area contributed by atoms with Crippen LogP contribution < -0.4 is 0 Å². The molecule has 50 heavy (non-hydrogen) atoms. The van der Waals surface area contributed by atoms with Crippen molar-refractivity contribution in [2.75, 3.05) is 0 Å². The van der Waals surface area contributed by atoms with Gasteiger partial charge in [0, 0.05) is 32.8 Å². The third-order valence-electron chi connectivity index (χ3n) is 10.1. The molecule has 0 unspecified atom stereocenters. The molecular weight excluding hydrogens is 605 g/mol. The summed E-state index contributed by atoms with van der Waals surface area (Å²) in [7, 11) is 0. The maximum Gasteiger partial charge on any atom is 0.0562 e. The summed E-state index contributed by atoms with van der Waals surface area (Å²) in [6.07, 6.45) is 0. The van der Waals surface area contributed by atoms with Crippen LogP contribution in [0.1, 0.15) is 0 Å². The van der Waals surface area contributed by atoms with Crippen LogP contribution >= 0.6 is 0 Å². The van der Waals surface area contributed by atoms with Crippen molar-refractivity contribution >= 4 is 43.6 Å². The number of aromatic nitrogens is 2. The summed E-state index contributed by atoms with van der Waals surface area (Å²) in [5, 5.41) is 5.01. The molecule has 2 aromatic heterocycles. The van der Waals surface area contributed by atoms with Gasteiger partial charge in [-0.15, -0.1) is 0 Å². The maximum atomic E-state index is 2.45. The Morgan fingerprint density at radius 1 is 0.280 bits per heavy atom. The van der Waals surface area contributed by atoms with Crippen LogP contribution in [0.4, 0.5) is 0 Å². The average molecular weight is 637 g/mol. The molecule has 0 saturated carbocycles. The molecule has 0 saturated heterocycles. The quantitative estimate of drug-likeness (QED) is 0.178. The smallest absolute Gasteiger partial charge is 0.0562 e. The van der Waals surface area contributed by atoms with E-state index in [4.69, 9.17) is 0 Å². The third kappa shape index (κ3) is 4.43. The SMILES string of the molecule is c1ccc(-c2cccc(-c3cccc4c3c3ccccc3n4-c3ccc4c5ccccc5n(-c5ccccc5-c5ccccc5)c4c3)c2)cc1. The van der Waals surface area contributed by atoms with Crippen LogP contribution in [-0.2, 0) is 0 Å². The lowest BCUT2D eigenvalue weighted by atomic mass is 9.96. The Balaban J connectivity index is 1.23. The third-order valence-corrected chi connectivity index (χ3v) is 10.1. The molecule has 8 aromatic carbocycles. The summed E-state index contributed by atoms with van der Waals surface area (Å²) in [6.45, 7) is 0. The minimum Gasteiger partial charge on any atom is -0.309 e. The van der Waals surface area contributed by atoms with Crippen molar-refractivity contribution in [3.05, 3.63) is 194 Å². The molecule has 2 heterocycles. The van der Waals surface area contributed by atoms with Crippen molar-refractivity contribution in [2.24, 2.45) is 0 Å². The van der Waals surface area contributed by atoms with Gasteiger partial charge in [-0.3, -0.25) is 0 Å². The number of hydrogen-bond acceptors (Lipinski definition) is 0. The van der Waals surface area contributed by atoms with E-state index in [0.29, 0.717) is 0 Å². The van der Waals surface area contributed by atoms with Crippen LogP contribution in [0.3, 0.4) is 0 Å². The van der Waals surface area contributed by atoms with Crippen molar-refractivity contribution in [2.45, 2.75) is 0 Å². The molecule has 10 rings (SSSR count). The highest BCUT2D eigenvalue weighted by molar-refractivity contribution is 6.16. The summed E-state index contributed by atoms with van der Waals surface area (Å²) >= 11 is 0. The topological polar surface area (TPSA) is 9.86 Å². The lowest BCUT2D eigenvalue weighted by Gasteiger charge is -2.15. The van der Waals surface area contributed by atoms with Crippen LogP contribution in [0, 0.1) is 0 Å². The van der Waals surface area contributed by atoms with Gasteiger partial charge in [0.15, 0.2) is 0 Å². The van der Waals surface area contributed by atoms with Crippen LogP contribution in [0.25, 0.3) is 88.4 Å². The number of hydrogen-bond donors (Lipinski definition) is 0. The molecule has 0 bridgehead atoms. The van der Waals surface area contributed by atoms with E-state index in [1.807, 2.05) is 0 Å². The first kappa shape index (κ1) is 28.4. The van der Waals surface area contributed by atoms with Crippen molar-refractivity contribution in [3.8, 4) is 44.8 Å². The van der Waals surface area contributed by atoms with Gasteiger partial charge < -0.3 is 9.13 Å². The number of rotatable bonds is 5. The number of fused-ring (bicyclic) bond motifs is 6. The second-order valence-corrected chi connectivity index (χ2v) is 12.9. The minimum atomic E-state index is 1.14. The molecule has 0 fully saturated rings. The van der Waals surface area contributed by atoms with Crippen molar-refractivity contribution < 1.29 is 0 Å². The Bertz CT molecular complexity index is 2860. The Morgan fingerprint density at radius 3 is 1.66 bits per heavy atom. The van der Waals surface area contributed by atoms with Gasteiger partial charge in [-0.2, -0.15) is 0 Å². The summed E-state index contributed by atoms with van der Waals surface area (Å²) in [4.78, 5) is 0. The zero-order chi connectivity index (χ0) is 33.0. The van der Waals surface area contributed by atoms with Gasteiger partial charge in [-0.05, 0) is 70.3 Å². The molecule has 0 aliphatic heterocycles. The molecule has 0 radical (unpaired) electrons. The monoisotopic (exact) mass is 636 g/mol. The Labute approximate surface area is 290 Å². The van der Waals surface area contributed by atoms with Gasteiger partial charge in [0.25, 0.3) is 0 Å². The fourth-order valence-corrected chi connectivity index (χ4v) is 7.92. The van der Waals surface area contributed by atoms with E-state index in [0.717, 1.165) is 5.69 Å². The molecule has 0 N–H and O–H groups in total. The molecule has 0 aliphatic rings. The molecule has 2 heteroatoms. The van der Waals surface area contributed by atoms with E-state index in [2.05, 4.69) is 203 Å².